The highest BCUT2D eigenvalue weighted by Crippen LogP contribution is 2.44. The summed E-state index contributed by atoms with van der Waals surface area (Å²) >= 11 is 0. The Kier molecular flexibility index (Phi) is 18.1. The van der Waals surface area contributed by atoms with Gasteiger partial charge in [0, 0.05) is 95.8 Å². The molecule has 0 fully saturated rings. The molecule has 14 aromatic carbocycles. The smallest absolute Gasteiger partial charge is 0.164 e. The molecular weight excluding hydrogens is 1370 g/mol. The first-order valence-corrected chi connectivity index (χ1v) is 37.2. The summed E-state index contributed by atoms with van der Waals surface area (Å²) < 4.78 is 0. The molecule has 19 rings (SSSR count). The van der Waals surface area contributed by atoms with Gasteiger partial charge in [0.1, 0.15) is 0 Å². The highest BCUT2D eigenvalue weighted by molar-refractivity contribution is 6.07. The van der Waals surface area contributed by atoms with Gasteiger partial charge in [0.2, 0.25) is 0 Å². The van der Waals surface area contributed by atoms with Gasteiger partial charge in [-0.15, -0.1) is 0 Å². The molecule has 0 spiro atoms. The van der Waals surface area contributed by atoms with Gasteiger partial charge in [-0.1, -0.05) is 358 Å². The van der Waals surface area contributed by atoms with E-state index in [4.69, 9.17) is 49.8 Å². The largest absolute Gasteiger partial charge is 0.264 e. The van der Waals surface area contributed by atoms with E-state index in [0.29, 0.717) is 40.6 Å². The van der Waals surface area contributed by atoms with Crippen molar-refractivity contribution >= 4 is 10.8 Å². The molecule has 0 radical (unpaired) electrons. The van der Waals surface area contributed by atoms with Crippen LogP contribution in [0, 0.1) is 0 Å². The Morgan fingerprint density at radius 2 is 0.384 bits per heavy atom. The minimum atomic E-state index is 0.526. The van der Waals surface area contributed by atoms with Crippen molar-refractivity contribution in [2.45, 2.75) is 0 Å². The van der Waals surface area contributed by atoms with Crippen LogP contribution in [-0.2, 0) is 0 Å². The van der Waals surface area contributed by atoms with Crippen LogP contribution in [0.2, 0.25) is 0 Å². The number of hydrogen-bond donors (Lipinski definition) is 0. The highest BCUT2D eigenvalue weighted by atomic mass is 15.0. The summed E-state index contributed by atoms with van der Waals surface area (Å²) in [6.45, 7) is 0. The first-order valence-electron chi connectivity index (χ1n) is 37.2. The Hall–Kier alpha value is -15.3. The Morgan fingerprint density at radius 1 is 0.134 bits per heavy atom. The van der Waals surface area contributed by atoms with Crippen LogP contribution in [0.25, 0.3) is 203 Å². The normalized spacial score (nSPS) is 11.2. The second kappa shape index (κ2) is 30.1. The van der Waals surface area contributed by atoms with Crippen molar-refractivity contribution in [2.24, 2.45) is 0 Å². The summed E-state index contributed by atoms with van der Waals surface area (Å²) in [6, 6.07) is 131. The molecule has 0 atom stereocenters. The van der Waals surface area contributed by atoms with Crippen molar-refractivity contribution in [3.05, 3.63) is 395 Å². The number of rotatable bonds is 17. The summed E-state index contributed by atoms with van der Waals surface area (Å²) in [5.41, 5.74) is 25.0. The fourth-order valence-corrected chi connectivity index (χ4v) is 14.5. The molecule has 0 saturated heterocycles. The molecule has 524 valence electrons. The lowest BCUT2D eigenvalue weighted by atomic mass is 9.91. The zero-order valence-electron chi connectivity index (χ0n) is 60.4. The lowest BCUT2D eigenvalue weighted by Gasteiger charge is -2.18. The average molecular weight is 1430 g/mol. The molecule has 0 aliphatic heterocycles. The molecule has 19 aromatic rings. The third kappa shape index (κ3) is 13.7. The zero-order valence-corrected chi connectivity index (χ0v) is 60.4. The molecule has 11 nitrogen and oxygen atoms in total. The van der Waals surface area contributed by atoms with Crippen molar-refractivity contribution in [1.29, 1.82) is 0 Å². The lowest BCUT2D eigenvalue weighted by molar-refractivity contribution is 1.07. The van der Waals surface area contributed by atoms with E-state index in [-0.39, 0.29) is 0 Å². The van der Waals surface area contributed by atoms with Gasteiger partial charge in [0.25, 0.3) is 0 Å². The van der Waals surface area contributed by atoms with E-state index in [1.165, 1.54) is 0 Å². The van der Waals surface area contributed by atoms with Gasteiger partial charge in [-0.25, -0.2) is 49.8 Å². The van der Waals surface area contributed by atoms with E-state index in [9.17, 15) is 0 Å². The van der Waals surface area contributed by atoms with E-state index in [2.05, 4.69) is 242 Å². The number of pyridine rings is 1. The van der Waals surface area contributed by atoms with Crippen LogP contribution in [0.1, 0.15) is 0 Å². The minimum Gasteiger partial charge on any atom is -0.264 e. The van der Waals surface area contributed by atoms with Crippen LogP contribution in [-0.4, -0.2) is 54.8 Å². The number of fused-ring (bicyclic) bond motifs is 1. The first kappa shape index (κ1) is 67.3. The van der Waals surface area contributed by atoms with E-state index in [1.807, 2.05) is 152 Å². The predicted molar refractivity (Wildman–Crippen MR) is 452 cm³/mol. The standard InChI is InChI=1S/C101H65N11/c1-8-28-68(29-9-1)88-90(70-32-12-3-13-33-70)106-95(93(104-88)72-36-16-5-17-37-72)87-60-59-84(85-49-22-23-50-86(85)87)67-53-57-76(58-54-67)98-107-96(74-38-18-6-19-39-74)108-99(111-98)80-45-24-42-77(62-80)66-51-55-73(56-52-66)92-89(69-30-10-2-11-31-69)105-94(91(103-92)71-34-14-4-15-35-71)79-44-26-47-82(64-79)101-110-97(75-40-20-7-21-41-75)109-100(112-101)81-46-25-43-78(63-81)83-48-27-61-102-65-83/h1-65H. The molecule has 0 bridgehead atoms. The van der Waals surface area contributed by atoms with Crippen molar-refractivity contribution in [3.8, 4) is 192 Å². The summed E-state index contributed by atoms with van der Waals surface area (Å²) in [5, 5.41) is 2.16. The molecule has 0 amide bonds. The summed E-state index contributed by atoms with van der Waals surface area (Å²) in [7, 11) is 0. The van der Waals surface area contributed by atoms with Gasteiger partial charge < -0.3 is 0 Å². The molecule has 0 aliphatic carbocycles. The van der Waals surface area contributed by atoms with E-state index in [1.54, 1.807) is 6.20 Å². The average Bonchev–Trinajstić information content (AvgIpc) is 0.755. The zero-order chi connectivity index (χ0) is 74.5. The molecule has 0 aliphatic rings. The Balaban J connectivity index is 0.657. The van der Waals surface area contributed by atoms with Crippen molar-refractivity contribution in [2.75, 3.05) is 0 Å². The molecule has 5 aromatic heterocycles. The Bertz CT molecular complexity index is 6620. The van der Waals surface area contributed by atoms with Crippen LogP contribution in [0.5, 0.6) is 0 Å². The maximum atomic E-state index is 5.68. The van der Waals surface area contributed by atoms with Crippen LogP contribution in [0.4, 0.5) is 0 Å². The van der Waals surface area contributed by atoms with Crippen molar-refractivity contribution < 1.29 is 0 Å². The molecule has 11 heteroatoms. The molecule has 0 N–H and O–H groups in total. The monoisotopic (exact) mass is 1430 g/mol. The van der Waals surface area contributed by atoms with E-state index in [0.717, 1.165) is 162 Å². The minimum absolute atomic E-state index is 0.526. The molecule has 112 heavy (non-hydrogen) atoms. The van der Waals surface area contributed by atoms with Crippen molar-refractivity contribution in [3.63, 3.8) is 0 Å². The highest BCUT2D eigenvalue weighted by Gasteiger charge is 2.25. The Labute approximate surface area is 647 Å². The summed E-state index contributed by atoms with van der Waals surface area (Å²) in [6.07, 6.45) is 3.64. The van der Waals surface area contributed by atoms with Crippen molar-refractivity contribution in [1.82, 2.24) is 54.8 Å². The fraction of sp³-hybridized carbons (Fsp3) is 0. The van der Waals surface area contributed by atoms with Gasteiger partial charge in [-0.3, -0.25) is 4.98 Å². The molecular formula is C101H65N11. The van der Waals surface area contributed by atoms with Crippen LogP contribution in [0.3, 0.4) is 0 Å². The van der Waals surface area contributed by atoms with Gasteiger partial charge in [0.05, 0.1) is 45.6 Å². The molecule has 0 saturated carbocycles. The van der Waals surface area contributed by atoms with E-state index < -0.39 is 0 Å². The predicted octanol–water partition coefficient (Wildman–Crippen LogP) is 24.5. The third-order valence-electron chi connectivity index (χ3n) is 20.1. The molecule has 0 unspecified atom stereocenters. The van der Waals surface area contributed by atoms with Crippen LogP contribution in [0.15, 0.2) is 395 Å². The van der Waals surface area contributed by atoms with Gasteiger partial charge in [0.15, 0.2) is 34.9 Å². The van der Waals surface area contributed by atoms with Gasteiger partial charge >= 0.3 is 0 Å². The fourth-order valence-electron chi connectivity index (χ4n) is 14.5. The first-order chi connectivity index (χ1) is 55.5. The summed E-state index contributed by atoms with van der Waals surface area (Å²) in [5.74, 6) is 3.33. The second-order valence-corrected chi connectivity index (χ2v) is 27.3. The number of hydrogen-bond acceptors (Lipinski definition) is 11. The van der Waals surface area contributed by atoms with E-state index >= 15 is 0 Å². The topological polar surface area (TPSA) is 142 Å². The number of benzene rings is 14. The Morgan fingerprint density at radius 3 is 0.786 bits per heavy atom. The van der Waals surface area contributed by atoms with Crippen LogP contribution < -0.4 is 0 Å². The maximum Gasteiger partial charge on any atom is 0.164 e. The molecule has 5 heterocycles. The van der Waals surface area contributed by atoms with Gasteiger partial charge in [-0.05, 0) is 62.9 Å². The summed E-state index contributed by atoms with van der Waals surface area (Å²) in [4.78, 5) is 58.0. The quantitative estimate of drug-likeness (QED) is 0.0860. The number of nitrogens with zero attached hydrogens (tertiary/aromatic N) is 11. The lowest BCUT2D eigenvalue weighted by Crippen LogP contribution is -2.02. The second-order valence-electron chi connectivity index (χ2n) is 27.3. The van der Waals surface area contributed by atoms with Crippen LogP contribution >= 0.6 is 0 Å². The van der Waals surface area contributed by atoms with Gasteiger partial charge in [-0.2, -0.15) is 0 Å². The SMILES string of the molecule is c1ccc(-c2nc(-c3ccc(-c4ccc(-c5nc(-c6ccccc6)c(-c6ccccc6)nc5-c5ccccc5)c5ccccc45)cc3)nc(-c3cccc(-c4ccc(-c5nc(-c6ccccc6)c(-c6cccc(-c7nc(-c8ccccc8)nc(-c8cccc(-c9cccnc9)c8)n7)c6)nc5-c5ccccc5)cc4)c3)n2)cc1. The maximum absolute atomic E-state index is 5.68. The third-order valence-corrected chi connectivity index (χ3v) is 20.1. The number of aromatic nitrogens is 11.